The highest BCUT2D eigenvalue weighted by molar-refractivity contribution is 7.50. The SMILES string of the molecule is O=C(O)c1ccn(CP(=O)(O)O)n1. The van der Waals surface area contributed by atoms with Crippen LogP contribution in [0.4, 0.5) is 0 Å². The highest BCUT2D eigenvalue weighted by Crippen LogP contribution is 2.35. The van der Waals surface area contributed by atoms with Crippen molar-refractivity contribution in [3.8, 4) is 0 Å². The van der Waals surface area contributed by atoms with Gasteiger partial charge in [0.15, 0.2) is 5.69 Å². The summed E-state index contributed by atoms with van der Waals surface area (Å²) < 4.78 is 11.4. The predicted octanol–water partition coefficient (Wildman–Crippen LogP) is -0.284. The van der Waals surface area contributed by atoms with Crippen LogP contribution < -0.4 is 0 Å². The van der Waals surface area contributed by atoms with E-state index in [0.717, 1.165) is 10.7 Å². The van der Waals surface area contributed by atoms with Crippen molar-refractivity contribution in [3.63, 3.8) is 0 Å². The second-order valence-electron chi connectivity index (χ2n) is 2.35. The summed E-state index contributed by atoms with van der Waals surface area (Å²) in [5, 5.41) is 11.8. The molecule has 0 fully saturated rings. The second-order valence-corrected chi connectivity index (χ2v) is 3.96. The first-order valence-corrected chi connectivity index (χ1v) is 4.99. The lowest BCUT2D eigenvalue weighted by molar-refractivity contribution is 0.0689. The molecule has 0 saturated heterocycles. The first-order chi connectivity index (χ1) is 5.88. The molecule has 0 bridgehead atoms. The standard InChI is InChI=1S/C5H7N2O5P/c8-5(9)4-1-2-7(6-4)3-13(10,11)12/h1-2H,3H2,(H,8,9)(H2,10,11,12). The third-order valence-electron chi connectivity index (χ3n) is 1.19. The van der Waals surface area contributed by atoms with Crippen LogP contribution >= 0.6 is 7.60 Å². The van der Waals surface area contributed by atoms with Crippen molar-refractivity contribution >= 4 is 13.6 Å². The largest absolute Gasteiger partial charge is 0.476 e. The van der Waals surface area contributed by atoms with Crippen LogP contribution in [0.2, 0.25) is 0 Å². The van der Waals surface area contributed by atoms with Crippen LogP contribution in [0.1, 0.15) is 10.5 Å². The van der Waals surface area contributed by atoms with E-state index in [2.05, 4.69) is 5.10 Å². The van der Waals surface area contributed by atoms with E-state index >= 15 is 0 Å². The Balaban J connectivity index is 2.81. The van der Waals surface area contributed by atoms with Crippen LogP contribution in [0.3, 0.4) is 0 Å². The molecule has 13 heavy (non-hydrogen) atoms. The third kappa shape index (κ3) is 2.98. The van der Waals surface area contributed by atoms with Crippen molar-refractivity contribution < 1.29 is 24.3 Å². The van der Waals surface area contributed by atoms with Gasteiger partial charge in [-0.1, -0.05) is 0 Å². The van der Waals surface area contributed by atoms with Crippen LogP contribution in [0.25, 0.3) is 0 Å². The first-order valence-electron chi connectivity index (χ1n) is 3.20. The van der Waals surface area contributed by atoms with Gasteiger partial charge in [-0.3, -0.25) is 9.25 Å². The molecule has 0 aliphatic rings. The molecule has 0 unspecified atom stereocenters. The van der Waals surface area contributed by atoms with E-state index in [1.807, 2.05) is 0 Å². The van der Waals surface area contributed by atoms with Crippen molar-refractivity contribution in [1.29, 1.82) is 0 Å². The zero-order valence-corrected chi connectivity index (χ0v) is 7.26. The third-order valence-corrected chi connectivity index (χ3v) is 1.85. The molecule has 0 atom stereocenters. The topological polar surface area (TPSA) is 113 Å². The summed E-state index contributed by atoms with van der Waals surface area (Å²) in [5.41, 5.74) is -0.242. The molecule has 8 heteroatoms. The van der Waals surface area contributed by atoms with Crippen molar-refractivity contribution in [2.45, 2.75) is 6.29 Å². The molecule has 1 aromatic heterocycles. The maximum Gasteiger partial charge on any atom is 0.356 e. The maximum absolute atomic E-state index is 10.5. The van der Waals surface area contributed by atoms with Gasteiger partial charge in [0.2, 0.25) is 0 Å². The smallest absolute Gasteiger partial charge is 0.356 e. The summed E-state index contributed by atoms with van der Waals surface area (Å²) in [4.78, 5) is 27.4. The number of carboxylic acid groups (broad SMARTS) is 1. The van der Waals surface area contributed by atoms with Gasteiger partial charge in [-0.05, 0) is 6.07 Å². The Morgan fingerprint density at radius 2 is 2.23 bits per heavy atom. The minimum Gasteiger partial charge on any atom is -0.476 e. The summed E-state index contributed by atoms with van der Waals surface area (Å²) in [6.45, 7) is 0. The molecule has 0 spiro atoms. The van der Waals surface area contributed by atoms with Gasteiger partial charge < -0.3 is 14.9 Å². The normalized spacial score (nSPS) is 11.5. The lowest BCUT2D eigenvalue weighted by atomic mass is 10.5. The molecule has 0 amide bonds. The van der Waals surface area contributed by atoms with Crippen molar-refractivity contribution in [3.05, 3.63) is 18.0 Å². The fraction of sp³-hybridized carbons (Fsp3) is 0.200. The van der Waals surface area contributed by atoms with Gasteiger partial charge in [0, 0.05) is 6.20 Å². The molecule has 0 aliphatic heterocycles. The molecular formula is C5H7N2O5P. The monoisotopic (exact) mass is 206 g/mol. The Morgan fingerprint density at radius 3 is 2.62 bits per heavy atom. The zero-order valence-electron chi connectivity index (χ0n) is 6.36. The van der Waals surface area contributed by atoms with Crippen LogP contribution in [0, 0.1) is 0 Å². The number of aromatic nitrogens is 2. The molecular weight excluding hydrogens is 199 g/mol. The quantitative estimate of drug-likeness (QED) is 0.586. The molecule has 0 saturated carbocycles. The lowest BCUT2D eigenvalue weighted by Gasteiger charge is -2.02. The van der Waals surface area contributed by atoms with Crippen LogP contribution in [0.15, 0.2) is 12.3 Å². The van der Waals surface area contributed by atoms with E-state index in [1.165, 1.54) is 6.20 Å². The number of hydrogen-bond donors (Lipinski definition) is 3. The molecule has 1 heterocycles. The molecule has 3 N–H and O–H groups in total. The molecule has 1 aromatic rings. The van der Waals surface area contributed by atoms with E-state index in [0.29, 0.717) is 0 Å². The fourth-order valence-electron chi connectivity index (χ4n) is 0.743. The van der Waals surface area contributed by atoms with Gasteiger partial charge in [-0.25, -0.2) is 4.79 Å². The van der Waals surface area contributed by atoms with Crippen LogP contribution in [0.5, 0.6) is 0 Å². The van der Waals surface area contributed by atoms with Gasteiger partial charge in [-0.2, -0.15) is 5.10 Å². The van der Waals surface area contributed by atoms with Crippen LogP contribution in [-0.2, 0) is 10.9 Å². The summed E-state index contributed by atoms with van der Waals surface area (Å²) in [6, 6.07) is 1.16. The molecule has 72 valence electrons. The molecule has 1 rings (SSSR count). The van der Waals surface area contributed by atoms with Crippen molar-refractivity contribution in [2.75, 3.05) is 0 Å². The molecule has 0 aromatic carbocycles. The van der Waals surface area contributed by atoms with E-state index in [9.17, 15) is 9.36 Å². The Bertz CT molecular complexity index is 367. The summed E-state index contributed by atoms with van der Waals surface area (Å²) in [5.74, 6) is -1.23. The minimum atomic E-state index is -4.20. The minimum absolute atomic E-state index is 0.242. The molecule has 7 nitrogen and oxygen atoms in total. The Labute approximate surface area is 72.8 Å². The zero-order chi connectivity index (χ0) is 10.1. The van der Waals surface area contributed by atoms with Gasteiger partial charge in [0.05, 0.1) is 0 Å². The van der Waals surface area contributed by atoms with Crippen molar-refractivity contribution in [2.24, 2.45) is 0 Å². The number of carboxylic acids is 1. The fourth-order valence-corrected chi connectivity index (χ4v) is 1.28. The second kappa shape index (κ2) is 3.29. The number of aromatic carboxylic acids is 1. The summed E-state index contributed by atoms with van der Waals surface area (Å²) in [6.07, 6.45) is 0.586. The summed E-state index contributed by atoms with van der Waals surface area (Å²) in [7, 11) is -4.20. The number of nitrogens with zero attached hydrogens (tertiary/aromatic N) is 2. The van der Waals surface area contributed by atoms with Gasteiger partial charge in [0.1, 0.15) is 6.29 Å². The highest BCUT2D eigenvalue weighted by Gasteiger charge is 2.15. The average Bonchev–Trinajstić information content (AvgIpc) is 2.31. The Hall–Kier alpha value is -1.17. The summed E-state index contributed by atoms with van der Waals surface area (Å²) >= 11 is 0. The molecule has 0 radical (unpaired) electrons. The van der Waals surface area contributed by atoms with E-state index in [1.54, 1.807) is 0 Å². The predicted molar refractivity (Wildman–Crippen MR) is 41.2 cm³/mol. The number of hydrogen-bond acceptors (Lipinski definition) is 3. The Morgan fingerprint density at radius 1 is 1.62 bits per heavy atom. The van der Waals surface area contributed by atoms with Crippen LogP contribution in [-0.4, -0.2) is 30.6 Å². The maximum atomic E-state index is 10.5. The van der Waals surface area contributed by atoms with Gasteiger partial charge >= 0.3 is 13.6 Å². The van der Waals surface area contributed by atoms with E-state index < -0.39 is 19.9 Å². The van der Waals surface area contributed by atoms with Gasteiger partial charge in [-0.15, -0.1) is 0 Å². The first kappa shape index (κ1) is 9.91. The Kier molecular flexibility index (Phi) is 2.51. The number of rotatable bonds is 3. The van der Waals surface area contributed by atoms with E-state index in [4.69, 9.17) is 14.9 Å². The highest BCUT2D eigenvalue weighted by atomic mass is 31.2. The van der Waals surface area contributed by atoms with E-state index in [-0.39, 0.29) is 5.69 Å². The van der Waals surface area contributed by atoms with Crippen molar-refractivity contribution in [1.82, 2.24) is 9.78 Å². The number of carbonyl (C=O) groups is 1. The lowest BCUT2D eigenvalue weighted by Crippen LogP contribution is -2.03. The van der Waals surface area contributed by atoms with Gasteiger partial charge in [0.25, 0.3) is 0 Å². The average molecular weight is 206 g/mol. The molecule has 0 aliphatic carbocycles.